The van der Waals surface area contributed by atoms with Gasteiger partial charge >= 0.3 is 0 Å². The fraction of sp³-hybridized carbons (Fsp3) is 0.211. The monoisotopic (exact) mass is 337 g/mol. The van der Waals surface area contributed by atoms with Crippen molar-refractivity contribution in [2.75, 3.05) is 6.54 Å². The molecule has 3 rings (SSSR count). The lowest BCUT2D eigenvalue weighted by atomic mass is 10.2. The molecular weight excluding hydrogens is 318 g/mol. The first-order valence-electron chi connectivity index (χ1n) is 7.93. The highest BCUT2D eigenvalue weighted by Gasteiger charge is 2.15. The maximum Gasteiger partial charge on any atom is 0.228 e. The molecule has 4 nitrogen and oxygen atoms in total. The number of carbonyl (C=O) groups excluding carboxylic acids is 1. The summed E-state index contributed by atoms with van der Waals surface area (Å²) in [5.74, 6) is 0.0965. The van der Waals surface area contributed by atoms with E-state index in [1.807, 2.05) is 65.7 Å². The molecule has 0 saturated carbocycles. The third kappa shape index (κ3) is 4.06. The summed E-state index contributed by atoms with van der Waals surface area (Å²) in [6.45, 7) is 3.32. The van der Waals surface area contributed by atoms with Crippen molar-refractivity contribution >= 4 is 17.2 Å². The summed E-state index contributed by atoms with van der Waals surface area (Å²) in [6.07, 6.45) is 2.07. The second-order valence-corrected chi connectivity index (χ2v) is 6.29. The van der Waals surface area contributed by atoms with Gasteiger partial charge in [-0.25, -0.2) is 4.98 Å². The van der Waals surface area contributed by atoms with Crippen molar-refractivity contribution in [1.29, 1.82) is 0 Å². The molecule has 0 N–H and O–H groups in total. The zero-order valence-electron chi connectivity index (χ0n) is 13.6. The van der Waals surface area contributed by atoms with E-state index in [-0.39, 0.29) is 5.91 Å². The average Bonchev–Trinajstić information content (AvgIpc) is 3.09. The van der Waals surface area contributed by atoms with Gasteiger partial charge in [0.25, 0.3) is 0 Å². The number of hydrogen-bond donors (Lipinski definition) is 0. The number of thiazole rings is 1. The highest BCUT2D eigenvalue weighted by Crippen LogP contribution is 2.22. The Morgan fingerprint density at radius 2 is 1.92 bits per heavy atom. The van der Waals surface area contributed by atoms with Gasteiger partial charge in [-0.1, -0.05) is 36.4 Å². The molecule has 0 saturated heterocycles. The molecule has 0 atom stereocenters. The topological polar surface area (TPSA) is 46.1 Å². The molecule has 24 heavy (non-hydrogen) atoms. The second kappa shape index (κ2) is 7.84. The van der Waals surface area contributed by atoms with Gasteiger partial charge in [0, 0.05) is 24.7 Å². The lowest BCUT2D eigenvalue weighted by Crippen LogP contribution is -2.31. The van der Waals surface area contributed by atoms with Gasteiger partial charge in [-0.2, -0.15) is 0 Å². The van der Waals surface area contributed by atoms with Crippen LogP contribution in [0.4, 0.5) is 0 Å². The number of carbonyl (C=O) groups is 1. The van der Waals surface area contributed by atoms with E-state index in [0.29, 0.717) is 19.5 Å². The number of amides is 1. The first-order valence-corrected chi connectivity index (χ1v) is 8.81. The maximum absolute atomic E-state index is 12.6. The lowest BCUT2D eigenvalue weighted by Gasteiger charge is -2.20. The van der Waals surface area contributed by atoms with Gasteiger partial charge in [0.1, 0.15) is 5.01 Å². The molecule has 3 aromatic rings. The van der Waals surface area contributed by atoms with Crippen LogP contribution in [-0.2, 0) is 17.8 Å². The fourth-order valence-corrected chi connectivity index (χ4v) is 3.24. The molecular formula is C19H19N3OS. The predicted molar refractivity (Wildman–Crippen MR) is 96.6 cm³/mol. The van der Waals surface area contributed by atoms with Crippen molar-refractivity contribution in [3.05, 3.63) is 71.4 Å². The van der Waals surface area contributed by atoms with Crippen LogP contribution in [0.15, 0.2) is 60.1 Å². The van der Waals surface area contributed by atoms with Crippen LogP contribution < -0.4 is 0 Å². The van der Waals surface area contributed by atoms with Crippen LogP contribution in [0.2, 0.25) is 0 Å². The maximum atomic E-state index is 12.6. The van der Waals surface area contributed by atoms with Crippen LogP contribution in [0.25, 0.3) is 10.7 Å². The zero-order chi connectivity index (χ0) is 16.8. The van der Waals surface area contributed by atoms with Crippen LogP contribution in [0, 0.1) is 0 Å². The number of likely N-dealkylation sites (N-methyl/N-ethyl adjacent to an activating group) is 1. The Bertz CT molecular complexity index is 787. The largest absolute Gasteiger partial charge is 0.338 e. The van der Waals surface area contributed by atoms with E-state index >= 15 is 0 Å². The second-order valence-electron chi connectivity index (χ2n) is 5.43. The third-order valence-electron chi connectivity index (χ3n) is 3.72. The van der Waals surface area contributed by atoms with Crippen LogP contribution in [0.5, 0.6) is 0 Å². The average molecular weight is 337 g/mol. The third-order valence-corrected chi connectivity index (χ3v) is 4.63. The van der Waals surface area contributed by atoms with Gasteiger partial charge < -0.3 is 4.90 Å². The summed E-state index contributed by atoms with van der Waals surface area (Å²) in [4.78, 5) is 23.3. The molecule has 2 heterocycles. The molecule has 122 valence electrons. The van der Waals surface area contributed by atoms with Gasteiger partial charge in [-0.05, 0) is 24.6 Å². The smallest absolute Gasteiger partial charge is 0.228 e. The van der Waals surface area contributed by atoms with Crippen LogP contribution in [0.1, 0.15) is 18.2 Å². The number of nitrogens with zero attached hydrogens (tertiary/aromatic N) is 3. The number of pyridine rings is 1. The van der Waals surface area contributed by atoms with E-state index in [1.54, 1.807) is 6.20 Å². The highest BCUT2D eigenvalue weighted by atomic mass is 32.1. The lowest BCUT2D eigenvalue weighted by molar-refractivity contribution is -0.130. The zero-order valence-corrected chi connectivity index (χ0v) is 14.4. The van der Waals surface area contributed by atoms with Gasteiger partial charge in [0.15, 0.2) is 0 Å². The Kier molecular flexibility index (Phi) is 5.33. The van der Waals surface area contributed by atoms with Crippen molar-refractivity contribution in [2.24, 2.45) is 0 Å². The molecule has 0 fully saturated rings. The molecule has 5 heteroatoms. The molecule has 0 aliphatic carbocycles. The highest BCUT2D eigenvalue weighted by molar-refractivity contribution is 7.13. The Morgan fingerprint density at radius 3 is 2.62 bits per heavy atom. The molecule has 0 spiro atoms. The van der Waals surface area contributed by atoms with E-state index < -0.39 is 0 Å². The number of benzene rings is 1. The van der Waals surface area contributed by atoms with Crippen molar-refractivity contribution in [3.63, 3.8) is 0 Å². The number of hydrogen-bond acceptors (Lipinski definition) is 4. The van der Waals surface area contributed by atoms with Crippen molar-refractivity contribution < 1.29 is 4.79 Å². The normalized spacial score (nSPS) is 10.5. The first kappa shape index (κ1) is 16.3. The Hall–Kier alpha value is -2.53. The quantitative estimate of drug-likeness (QED) is 0.687. The first-order chi connectivity index (χ1) is 11.8. The van der Waals surface area contributed by atoms with E-state index in [4.69, 9.17) is 0 Å². The van der Waals surface area contributed by atoms with E-state index in [2.05, 4.69) is 9.97 Å². The van der Waals surface area contributed by atoms with Gasteiger partial charge in [0.05, 0.1) is 17.8 Å². The Labute approximate surface area is 145 Å². The predicted octanol–water partition coefficient (Wildman–Crippen LogP) is 3.80. The SMILES string of the molecule is CCN(Cc1ccccc1)C(=O)Cc1csc(-c2ccccn2)n1. The van der Waals surface area contributed by atoms with Crippen LogP contribution in [0.3, 0.4) is 0 Å². The minimum Gasteiger partial charge on any atom is -0.338 e. The van der Waals surface area contributed by atoms with Gasteiger partial charge in [-0.15, -0.1) is 11.3 Å². The molecule has 0 aliphatic heterocycles. The standard InChI is InChI=1S/C19H19N3OS/c1-2-22(13-15-8-4-3-5-9-15)18(23)12-16-14-24-19(21-16)17-10-6-7-11-20-17/h3-11,14H,2,12-13H2,1H3. The summed E-state index contributed by atoms with van der Waals surface area (Å²) in [6, 6.07) is 15.8. The van der Waals surface area contributed by atoms with Crippen molar-refractivity contribution in [1.82, 2.24) is 14.9 Å². The molecule has 1 aromatic carbocycles. The molecule has 0 bridgehead atoms. The van der Waals surface area contributed by atoms with Gasteiger partial charge in [-0.3, -0.25) is 9.78 Å². The summed E-state index contributed by atoms with van der Waals surface area (Å²) in [7, 11) is 0. The van der Waals surface area contributed by atoms with Gasteiger partial charge in [0.2, 0.25) is 5.91 Å². The van der Waals surface area contributed by atoms with Crippen LogP contribution >= 0.6 is 11.3 Å². The van der Waals surface area contributed by atoms with Crippen molar-refractivity contribution in [3.8, 4) is 10.7 Å². The van der Waals surface area contributed by atoms with E-state index in [9.17, 15) is 4.79 Å². The summed E-state index contributed by atoms with van der Waals surface area (Å²) in [5.41, 5.74) is 2.79. The number of aromatic nitrogens is 2. The minimum absolute atomic E-state index is 0.0965. The van der Waals surface area contributed by atoms with Crippen LogP contribution in [-0.4, -0.2) is 27.3 Å². The van der Waals surface area contributed by atoms with Crippen molar-refractivity contribution in [2.45, 2.75) is 19.9 Å². The molecule has 0 radical (unpaired) electrons. The van der Waals surface area contributed by atoms with E-state index in [1.165, 1.54) is 11.3 Å². The molecule has 1 amide bonds. The molecule has 2 aromatic heterocycles. The summed E-state index contributed by atoms with van der Waals surface area (Å²) < 4.78 is 0. The fourth-order valence-electron chi connectivity index (χ4n) is 2.44. The Morgan fingerprint density at radius 1 is 1.12 bits per heavy atom. The molecule has 0 aliphatic rings. The minimum atomic E-state index is 0.0965. The molecule has 0 unspecified atom stereocenters. The Balaban J connectivity index is 1.66. The van der Waals surface area contributed by atoms with E-state index in [0.717, 1.165) is 22.0 Å². The number of rotatable bonds is 6. The summed E-state index contributed by atoms with van der Waals surface area (Å²) in [5, 5.41) is 2.79. The summed E-state index contributed by atoms with van der Waals surface area (Å²) >= 11 is 1.52.